The molecule has 0 radical (unpaired) electrons. The van der Waals surface area contributed by atoms with Gasteiger partial charge in [0.15, 0.2) is 0 Å². The molecular weight excluding hydrogens is 264 g/mol. The number of anilines is 1. The van der Waals surface area contributed by atoms with Crippen molar-refractivity contribution in [2.75, 3.05) is 5.32 Å². The first-order valence-corrected chi connectivity index (χ1v) is 6.71. The Morgan fingerprint density at radius 3 is 2.89 bits per heavy atom. The Kier molecular flexibility index (Phi) is 3.88. The average Bonchev–Trinajstić information content (AvgIpc) is 2.67. The SMILES string of the molecule is Cc1cc(CNc2nccc(C(N)=S)n2)sc1C. The molecule has 0 saturated heterocycles. The van der Waals surface area contributed by atoms with Gasteiger partial charge in [-0.2, -0.15) is 0 Å². The lowest BCUT2D eigenvalue weighted by molar-refractivity contribution is 1.06. The predicted octanol–water partition coefficient (Wildman–Crippen LogP) is 2.40. The van der Waals surface area contributed by atoms with E-state index in [1.807, 2.05) is 0 Å². The summed E-state index contributed by atoms with van der Waals surface area (Å²) in [6.07, 6.45) is 1.65. The highest BCUT2D eigenvalue weighted by Gasteiger charge is 2.04. The summed E-state index contributed by atoms with van der Waals surface area (Å²) in [5, 5.41) is 3.17. The van der Waals surface area contributed by atoms with Gasteiger partial charge >= 0.3 is 0 Å². The fourth-order valence-corrected chi connectivity index (χ4v) is 2.59. The van der Waals surface area contributed by atoms with E-state index in [9.17, 15) is 0 Å². The quantitative estimate of drug-likeness (QED) is 0.841. The number of thiophene rings is 1. The summed E-state index contributed by atoms with van der Waals surface area (Å²) < 4.78 is 0. The summed E-state index contributed by atoms with van der Waals surface area (Å²) >= 11 is 6.66. The zero-order chi connectivity index (χ0) is 13.1. The van der Waals surface area contributed by atoms with E-state index < -0.39 is 0 Å². The monoisotopic (exact) mass is 278 g/mol. The van der Waals surface area contributed by atoms with Gasteiger partial charge in [-0.05, 0) is 31.5 Å². The Morgan fingerprint density at radius 2 is 2.28 bits per heavy atom. The molecule has 0 atom stereocenters. The van der Waals surface area contributed by atoms with Crippen LogP contribution >= 0.6 is 23.6 Å². The maximum atomic E-state index is 5.53. The summed E-state index contributed by atoms with van der Waals surface area (Å²) in [6.45, 7) is 4.94. The maximum absolute atomic E-state index is 5.53. The van der Waals surface area contributed by atoms with E-state index >= 15 is 0 Å². The van der Waals surface area contributed by atoms with Gasteiger partial charge in [0, 0.05) is 16.0 Å². The second-order valence-corrected chi connectivity index (χ2v) is 5.72. The second-order valence-electron chi connectivity index (χ2n) is 3.94. The molecule has 2 heterocycles. The van der Waals surface area contributed by atoms with Gasteiger partial charge in [-0.25, -0.2) is 9.97 Å². The van der Waals surface area contributed by atoms with Crippen molar-refractivity contribution in [3.05, 3.63) is 39.3 Å². The van der Waals surface area contributed by atoms with Gasteiger partial charge in [-0.15, -0.1) is 11.3 Å². The van der Waals surface area contributed by atoms with Crippen LogP contribution in [0.3, 0.4) is 0 Å². The fraction of sp³-hybridized carbons (Fsp3) is 0.250. The molecule has 3 N–H and O–H groups in total. The Morgan fingerprint density at radius 1 is 1.50 bits per heavy atom. The minimum atomic E-state index is 0.281. The van der Waals surface area contributed by atoms with Crippen LogP contribution in [-0.2, 0) is 6.54 Å². The predicted molar refractivity (Wildman–Crippen MR) is 79.0 cm³/mol. The molecule has 2 aromatic heterocycles. The zero-order valence-electron chi connectivity index (χ0n) is 10.2. The van der Waals surface area contributed by atoms with Crippen molar-refractivity contribution in [2.24, 2.45) is 5.73 Å². The topological polar surface area (TPSA) is 63.8 Å². The number of thiocarbonyl (C=S) groups is 1. The molecule has 0 amide bonds. The van der Waals surface area contributed by atoms with E-state index in [1.165, 1.54) is 15.3 Å². The highest BCUT2D eigenvalue weighted by Crippen LogP contribution is 2.21. The van der Waals surface area contributed by atoms with Crippen LogP contribution in [0.25, 0.3) is 0 Å². The summed E-state index contributed by atoms with van der Waals surface area (Å²) in [7, 11) is 0. The molecule has 0 saturated carbocycles. The van der Waals surface area contributed by atoms with Gasteiger partial charge in [0.05, 0.1) is 6.54 Å². The lowest BCUT2D eigenvalue weighted by atomic mass is 10.3. The van der Waals surface area contributed by atoms with Gasteiger partial charge in [-0.3, -0.25) is 0 Å². The normalized spacial score (nSPS) is 10.3. The summed E-state index contributed by atoms with van der Waals surface area (Å²) in [5.74, 6) is 0.545. The Bertz CT molecular complexity index is 558. The van der Waals surface area contributed by atoms with Crippen molar-refractivity contribution in [3.8, 4) is 0 Å². The van der Waals surface area contributed by atoms with Crippen LogP contribution in [0, 0.1) is 13.8 Å². The van der Waals surface area contributed by atoms with E-state index in [0.717, 1.165) is 0 Å². The number of nitrogens with zero attached hydrogens (tertiary/aromatic N) is 2. The van der Waals surface area contributed by atoms with Crippen LogP contribution in [0.5, 0.6) is 0 Å². The number of nitrogens with two attached hydrogens (primary N) is 1. The molecule has 0 unspecified atom stereocenters. The molecule has 2 rings (SSSR count). The molecule has 18 heavy (non-hydrogen) atoms. The summed E-state index contributed by atoms with van der Waals surface area (Å²) in [6, 6.07) is 3.87. The first kappa shape index (κ1) is 12.9. The average molecular weight is 278 g/mol. The molecule has 0 aliphatic heterocycles. The number of aromatic nitrogens is 2. The smallest absolute Gasteiger partial charge is 0.223 e. The molecule has 0 aliphatic carbocycles. The molecular formula is C12H14N4S2. The van der Waals surface area contributed by atoms with E-state index in [2.05, 4.69) is 35.2 Å². The number of rotatable bonds is 4. The maximum Gasteiger partial charge on any atom is 0.223 e. The third kappa shape index (κ3) is 3.02. The molecule has 0 bridgehead atoms. The number of nitrogens with one attached hydrogen (secondary N) is 1. The van der Waals surface area contributed by atoms with Crippen molar-refractivity contribution in [1.82, 2.24) is 9.97 Å². The van der Waals surface area contributed by atoms with Gasteiger partial charge in [0.2, 0.25) is 5.95 Å². The van der Waals surface area contributed by atoms with Gasteiger partial charge in [0.1, 0.15) is 10.7 Å². The van der Waals surface area contributed by atoms with Crippen molar-refractivity contribution in [1.29, 1.82) is 0 Å². The van der Waals surface area contributed by atoms with E-state index in [0.29, 0.717) is 18.2 Å². The molecule has 0 fully saturated rings. The molecule has 6 heteroatoms. The molecule has 94 valence electrons. The molecule has 4 nitrogen and oxygen atoms in total. The number of hydrogen-bond donors (Lipinski definition) is 2. The lowest BCUT2D eigenvalue weighted by Gasteiger charge is -2.04. The standard InChI is InChI=1S/C12H14N4S2/c1-7-5-9(18-8(7)2)6-15-12-14-4-3-10(16-12)11(13)17/h3-5H,6H2,1-2H3,(H2,13,17)(H,14,15,16). The van der Waals surface area contributed by atoms with E-state index in [4.69, 9.17) is 18.0 Å². The van der Waals surface area contributed by atoms with Crippen LogP contribution in [0.4, 0.5) is 5.95 Å². The summed E-state index contributed by atoms with van der Waals surface area (Å²) in [4.78, 5) is 11.2. The summed E-state index contributed by atoms with van der Waals surface area (Å²) in [5.41, 5.74) is 7.43. The van der Waals surface area contributed by atoms with Crippen LogP contribution < -0.4 is 11.1 Å². The van der Waals surface area contributed by atoms with E-state index in [1.54, 1.807) is 23.6 Å². The first-order chi connectivity index (χ1) is 8.56. The van der Waals surface area contributed by atoms with Crippen LogP contribution in [0.1, 0.15) is 21.0 Å². The largest absolute Gasteiger partial charge is 0.388 e. The van der Waals surface area contributed by atoms with Gasteiger partial charge in [-0.1, -0.05) is 12.2 Å². The first-order valence-electron chi connectivity index (χ1n) is 5.49. The Labute approximate surface area is 115 Å². The van der Waals surface area contributed by atoms with Crippen molar-refractivity contribution in [2.45, 2.75) is 20.4 Å². The highest BCUT2D eigenvalue weighted by molar-refractivity contribution is 7.80. The Hall–Kier alpha value is -1.53. The Balaban J connectivity index is 2.06. The molecule has 0 aliphatic rings. The van der Waals surface area contributed by atoms with Crippen LogP contribution in [-0.4, -0.2) is 15.0 Å². The minimum Gasteiger partial charge on any atom is -0.388 e. The van der Waals surface area contributed by atoms with Crippen LogP contribution in [0.15, 0.2) is 18.3 Å². The fourth-order valence-electron chi connectivity index (χ4n) is 1.48. The van der Waals surface area contributed by atoms with E-state index in [-0.39, 0.29) is 4.99 Å². The zero-order valence-corrected chi connectivity index (χ0v) is 11.9. The van der Waals surface area contributed by atoms with Gasteiger partial charge in [0.25, 0.3) is 0 Å². The molecule has 0 spiro atoms. The van der Waals surface area contributed by atoms with Crippen molar-refractivity contribution >= 4 is 34.5 Å². The second kappa shape index (κ2) is 5.41. The minimum absolute atomic E-state index is 0.281. The number of aryl methyl sites for hydroxylation is 2. The van der Waals surface area contributed by atoms with Crippen LogP contribution in [0.2, 0.25) is 0 Å². The third-order valence-corrected chi connectivity index (χ3v) is 3.91. The molecule has 0 aromatic carbocycles. The highest BCUT2D eigenvalue weighted by atomic mass is 32.1. The number of hydrogen-bond acceptors (Lipinski definition) is 5. The van der Waals surface area contributed by atoms with Crippen molar-refractivity contribution in [3.63, 3.8) is 0 Å². The van der Waals surface area contributed by atoms with Crippen molar-refractivity contribution < 1.29 is 0 Å². The lowest BCUT2D eigenvalue weighted by Crippen LogP contribution is -2.13. The third-order valence-electron chi connectivity index (χ3n) is 2.55. The molecule has 2 aromatic rings. The van der Waals surface area contributed by atoms with Gasteiger partial charge < -0.3 is 11.1 Å².